The molecule has 0 bridgehead atoms. The second-order valence-electron chi connectivity index (χ2n) is 3.57. The van der Waals surface area contributed by atoms with Crippen molar-refractivity contribution in [2.24, 2.45) is 0 Å². The fourth-order valence-corrected chi connectivity index (χ4v) is 1.48. The number of hydrogen-bond donors (Lipinski definition) is 1. The van der Waals surface area contributed by atoms with Crippen LogP contribution in [-0.4, -0.2) is 0 Å². The molecule has 0 saturated carbocycles. The summed E-state index contributed by atoms with van der Waals surface area (Å²) in [6, 6.07) is 12.8. The molecule has 0 heterocycles. The van der Waals surface area contributed by atoms with Crippen molar-refractivity contribution in [3.05, 3.63) is 53.1 Å². The highest BCUT2D eigenvalue weighted by Crippen LogP contribution is 2.25. The Morgan fingerprint density at radius 2 is 1.62 bits per heavy atom. The number of nitrogens with two attached hydrogens (primary N) is 1. The van der Waals surface area contributed by atoms with Gasteiger partial charge in [0.1, 0.15) is 11.5 Å². The third kappa shape index (κ3) is 2.47. The molecule has 0 amide bonds. The normalized spacial score (nSPS) is 10.1. The fourth-order valence-electron chi connectivity index (χ4n) is 1.35. The summed E-state index contributed by atoms with van der Waals surface area (Å²) in [5.41, 5.74) is 7.50. The van der Waals surface area contributed by atoms with Crippen molar-refractivity contribution in [2.45, 2.75) is 6.92 Å². The largest absolute Gasteiger partial charge is 0.457 e. The van der Waals surface area contributed by atoms with E-state index in [9.17, 15) is 0 Å². The van der Waals surface area contributed by atoms with E-state index in [1.54, 1.807) is 12.1 Å². The maximum absolute atomic E-state index is 5.79. The first-order valence-corrected chi connectivity index (χ1v) is 5.32. The minimum Gasteiger partial charge on any atom is -0.457 e. The maximum atomic E-state index is 5.79. The van der Waals surface area contributed by atoms with E-state index in [1.807, 2.05) is 37.3 Å². The second-order valence-corrected chi connectivity index (χ2v) is 4.01. The van der Waals surface area contributed by atoms with Gasteiger partial charge >= 0.3 is 0 Å². The van der Waals surface area contributed by atoms with Gasteiger partial charge in [0.05, 0.1) is 0 Å². The number of halogens is 1. The summed E-state index contributed by atoms with van der Waals surface area (Å²) >= 11 is 5.79. The molecule has 0 spiro atoms. The smallest absolute Gasteiger partial charge is 0.127 e. The number of hydrogen-bond acceptors (Lipinski definition) is 2. The van der Waals surface area contributed by atoms with E-state index >= 15 is 0 Å². The van der Waals surface area contributed by atoms with Gasteiger partial charge in [-0.2, -0.15) is 0 Å². The number of nitrogen functional groups attached to an aromatic ring is 1. The van der Waals surface area contributed by atoms with Crippen LogP contribution in [0.2, 0.25) is 5.02 Å². The molecule has 0 aliphatic rings. The Bertz CT molecular complexity index is 494. The lowest BCUT2D eigenvalue weighted by atomic mass is 10.2. The Kier molecular flexibility index (Phi) is 3.02. The Labute approximate surface area is 99.6 Å². The molecule has 0 fully saturated rings. The molecule has 2 rings (SSSR count). The van der Waals surface area contributed by atoms with Crippen molar-refractivity contribution in [3.8, 4) is 11.5 Å². The molecule has 2 nitrogen and oxygen atoms in total. The van der Waals surface area contributed by atoms with Crippen LogP contribution in [0, 0.1) is 6.92 Å². The van der Waals surface area contributed by atoms with Gasteiger partial charge in [0.25, 0.3) is 0 Å². The Morgan fingerprint density at radius 1 is 1.00 bits per heavy atom. The highest BCUT2D eigenvalue weighted by atomic mass is 35.5. The van der Waals surface area contributed by atoms with E-state index < -0.39 is 0 Å². The second kappa shape index (κ2) is 4.45. The first-order valence-electron chi connectivity index (χ1n) is 4.95. The zero-order valence-corrected chi connectivity index (χ0v) is 9.66. The molecule has 2 N–H and O–H groups in total. The van der Waals surface area contributed by atoms with Crippen LogP contribution in [-0.2, 0) is 0 Å². The number of aryl methyl sites for hydroxylation is 1. The van der Waals surface area contributed by atoms with Gasteiger partial charge < -0.3 is 10.5 Å². The minimum absolute atomic E-state index is 0.695. The topological polar surface area (TPSA) is 35.2 Å². The van der Waals surface area contributed by atoms with Gasteiger partial charge in [-0.1, -0.05) is 11.6 Å². The molecule has 82 valence electrons. The molecule has 2 aromatic carbocycles. The molecule has 16 heavy (non-hydrogen) atoms. The highest BCUT2D eigenvalue weighted by molar-refractivity contribution is 6.30. The first-order chi connectivity index (χ1) is 7.65. The summed E-state index contributed by atoms with van der Waals surface area (Å²) in [5, 5.41) is 0.695. The molecule has 0 saturated heterocycles. The third-order valence-corrected chi connectivity index (χ3v) is 2.54. The van der Waals surface area contributed by atoms with Gasteiger partial charge in [0.15, 0.2) is 0 Å². The molecule has 0 aliphatic heterocycles. The average Bonchev–Trinajstić information content (AvgIpc) is 2.27. The molecule has 0 radical (unpaired) electrons. The van der Waals surface area contributed by atoms with Crippen LogP contribution in [0.4, 0.5) is 5.69 Å². The van der Waals surface area contributed by atoms with E-state index in [2.05, 4.69) is 0 Å². The first kappa shape index (κ1) is 10.8. The van der Waals surface area contributed by atoms with Gasteiger partial charge in [-0.05, 0) is 55.0 Å². The van der Waals surface area contributed by atoms with Gasteiger partial charge in [-0.25, -0.2) is 0 Å². The summed E-state index contributed by atoms with van der Waals surface area (Å²) < 4.78 is 5.65. The Balaban J connectivity index is 2.20. The molecule has 0 aromatic heterocycles. The predicted molar refractivity (Wildman–Crippen MR) is 67.1 cm³/mol. The van der Waals surface area contributed by atoms with Crippen LogP contribution in [0.5, 0.6) is 11.5 Å². The standard InChI is InChI=1S/C13H12ClNO/c1-9-8-12(6-7-13(9)15)16-11-4-2-10(14)3-5-11/h2-8H,15H2,1H3. The van der Waals surface area contributed by atoms with Crippen molar-refractivity contribution in [2.75, 3.05) is 5.73 Å². The monoisotopic (exact) mass is 233 g/mol. The fraction of sp³-hybridized carbons (Fsp3) is 0.0769. The van der Waals surface area contributed by atoms with E-state index in [0.717, 1.165) is 22.7 Å². The molecule has 0 atom stereocenters. The van der Waals surface area contributed by atoms with Crippen LogP contribution in [0.15, 0.2) is 42.5 Å². The summed E-state index contributed by atoms with van der Waals surface area (Å²) in [4.78, 5) is 0. The molecule has 0 aliphatic carbocycles. The number of rotatable bonds is 2. The molecule has 2 aromatic rings. The van der Waals surface area contributed by atoms with Gasteiger partial charge in [0, 0.05) is 10.7 Å². The zero-order valence-electron chi connectivity index (χ0n) is 8.91. The highest BCUT2D eigenvalue weighted by Gasteiger charge is 1.99. The lowest BCUT2D eigenvalue weighted by Crippen LogP contribution is -1.90. The molecule has 0 unspecified atom stereocenters. The molecular formula is C13H12ClNO. The van der Waals surface area contributed by atoms with E-state index in [4.69, 9.17) is 22.1 Å². The van der Waals surface area contributed by atoms with Crippen LogP contribution in [0.25, 0.3) is 0 Å². The van der Waals surface area contributed by atoms with Crippen molar-refractivity contribution in [3.63, 3.8) is 0 Å². The predicted octanol–water partition coefficient (Wildman–Crippen LogP) is 4.02. The summed E-state index contributed by atoms with van der Waals surface area (Å²) in [5.74, 6) is 1.53. The van der Waals surface area contributed by atoms with Crippen LogP contribution in [0.3, 0.4) is 0 Å². The lowest BCUT2D eigenvalue weighted by Gasteiger charge is -2.07. The third-order valence-electron chi connectivity index (χ3n) is 2.29. The van der Waals surface area contributed by atoms with E-state index in [1.165, 1.54) is 0 Å². The van der Waals surface area contributed by atoms with Crippen LogP contribution < -0.4 is 10.5 Å². The summed E-state index contributed by atoms with van der Waals surface area (Å²) in [6.45, 7) is 1.95. The van der Waals surface area contributed by atoms with Crippen LogP contribution in [0.1, 0.15) is 5.56 Å². The SMILES string of the molecule is Cc1cc(Oc2ccc(Cl)cc2)ccc1N. The quantitative estimate of drug-likeness (QED) is 0.795. The molecular weight excluding hydrogens is 222 g/mol. The van der Waals surface area contributed by atoms with Crippen molar-refractivity contribution < 1.29 is 4.74 Å². The Morgan fingerprint density at radius 3 is 2.25 bits per heavy atom. The van der Waals surface area contributed by atoms with Crippen molar-refractivity contribution in [1.29, 1.82) is 0 Å². The van der Waals surface area contributed by atoms with Crippen molar-refractivity contribution in [1.82, 2.24) is 0 Å². The molecule has 3 heteroatoms. The number of ether oxygens (including phenoxy) is 1. The van der Waals surface area contributed by atoms with Gasteiger partial charge in [0.2, 0.25) is 0 Å². The van der Waals surface area contributed by atoms with Gasteiger partial charge in [-0.3, -0.25) is 0 Å². The zero-order chi connectivity index (χ0) is 11.5. The Hall–Kier alpha value is -1.67. The number of anilines is 1. The van der Waals surface area contributed by atoms with E-state index in [-0.39, 0.29) is 0 Å². The summed E-state index contributed by atoms with van der Waals surface area (Å²) in [7, 11) is 0. The maximum Gasteiger partial charge on any atom is 0.127 e. The number of benzene rings is 2. The van der Waals surface area contributed by atoms with Gasteiger partial charge in [-0.15, -0.1) is 0 Å². The summed E-state index contributed by atoms with van der Waals surface area (Å²) in [6.07, 6.45) is 0. The van der Waals surface area contributed by atoms with Crippen molar-refractivity contribution >= 4 is 17.3 Å². The minimum atomic E-state index is 0.695. The van der Waals surface area contributed by atoms with E-state index in [0.29, 0.717) is 5.02 Å². The van der Waals surface area contributed by atoms with Crippen LogP contribution >= 0.6 is 11.6 Å². The average molecular weight is 234 g/mol. The lowest BCUT2D eigenvalue weighted by molar-refractivity contribution is 0.482.